The number of hydrogen-bond donors (Lipinski definition) is 2. The summed E-state index contributed by atoms with van der Waals surface area (Å²) < 4.78 is 2.22. The van der Waals surface area contributed by atoms with Gasteiger partial charge in [-0.25, -0.2) is 0 Å². The molecule has 1 unspecified atom stereocenters. The molecule has 3 heteroatoms. The Morgan fingerprint density at radius 1 is 1.47 bits per heavy atom. The Morgan fingerprint density at radius 3 is 3.06 bits per heavy atom. The minimum atomic E-state index is 0.0801. The quantitative estimate of drug-likeness (QED) is 0.782. The van der Waals surface area contributed by atoms with Crippen molar-refractivity contribution in [1.29, 1.82) is 0 Å². The largest absolute Gasteiger partial charge is 0.394 e. The molecule has 0 radical (unpaired) electrons. The van der Waals surface area contributed by atoms with E-state index in [1.54, 1.807) is 0 Å². The van der Waals surface area contributed by atoms with E-state index in [9.17, 15) is 5.11 Å². The van der Waals surface area contributed by atoms with Gasteiger partial charge >= 0.3 is 0 Å². The van der Waals surface area contributed by atoms with E-state index < -0.39 is 0 Å². The third-order valence-corrected chi connectivity index (χ3v) is 3.79. The minimum Gasteiger partial charge on any atom is -0.394 e. The Hall–Kier alpha value is -1.32. The molecule has 0 spiro atoms. The van der Waals surface area contributed by atoms with Crippen LogP contribution in [0.15, 0.2) is 18.2 Å². The van der Waals surface area contributed by atoms with Gasteiger partial charge in [0.05, 0.1) is 12.6 Å². The Bertz CT molecular complexity index is 571. The molecule has 0 bridgehead atoms. The third-order valence-electron chi connectivity index (χ3n) is 3.79. The maximum absolute atomic E-state index is 9.47. The van der Waals surface area contributed by atoms with Crippen molar-refractivity contribution in [3.8, 4) is 0 Å². The van der Waals surface area contributed by atoms with Gasteiger partial charge in [-0.05, 0) is 37.6 Å². The first-order valence-electron chi connectivity index (χ1n) is 6.14. The zero-order chi connectivity index (χ0) is 12.0. The van der Waals surface area contributed by atoms with Gasteiger partial charge in [-0.1, -0.05) is 11.6 Å². The summed E-state index contributed by atoms with van der Waals surface area (Å²) in [5.41, 5.74) is 5.22. The number of nitrogens with one attached hydrogen (secondary N) is 1. The summed E-state index contributed by atoms with van der Waals surface area (Å²) in [6.07, 6.45) is 1.05. The number of rotatable bonds is 1. The molecule has 1 aromatic carbocycles. The molecule has 0 saturated heterocycles. The highest BCUT2D eigenvalue weighted by atomic mass is 16.3. The highest BCUT2D eigenvalue weighted by Crippen LogP contribution is 2.32. The van der Waals surface area contributed by atoms with Crippen LogP contribution in [0.25, 0.3) is 10.9 Å². The first-order chi connectivity index (χ1) is 8.22. The van der Waals surface area contributed by atoms with E-state index in [2.05, 4.69) is 42.1 Å². The van der Waals surface area contributed by atoms with Gasteiger partial charge in [0.15, 0.2) is 0 Å². The van der Waals surface area contributed by atoms with Crippen LogP contribution in [0.4, 0.5) is 0 Å². The van der Waals surface area contributed by atoms with Crippen LogP contribution in [0.1, 0.15) is 22.9 Å². The molecule has 0 aliphatic carbocycles. The number of benzene rings is 1. The number of aryl methyl sites for hydroxylation is 2. The first-order valence-corrected chi connectivity index (χ1v) is 6.14. The predicted octanol–water partition coefficient (Wildman–Crippen LogP) is 1.67. The standard InChI is InChI=1S/C14H18N2O/c1-9-3-4-13-11(7-9)10-5-6-15-12(8-17)14(10)16(13)2/h3-4,7,12,15,17H,5-6,8H2,1-2H3. The third kappa shape index (κ3) is 1.50. The molecular formula is C14H18N2O. The number of fused-ring (bicyclic) bond motifs is 3. The van der Waals surface area contributed by atoms with Gasteiger partial charge in [0.25, 0.3) is 0 Å². The number of aliphatic hydroxyl groups excluding tert-OH is 1. The van der Waals surface area contributed by atoms with Gasteiger partial charge in [-0.3, -0.25) is 0 Å². The SMILES string of the molecule is Cc1ccc2c(c1)c1c(n2C)C(CO)NCC1. The predicted molar refractivity (Wildman–Crippen MR) is 69.2 cm³/mol. The van der Waals surface area contributed by atoms with E-state index in [0.29, 0.717) is 0 Å². The van der Waals surface area contributed by atoms with Crippen LogP contribution in [0, 0.1) is 6.92 Å². The van der Waals surface area contributed by atoms with E-state index in [0.717, 1.165) is 13.0 Å². The highest BCUT2D eigenvalue weighted by molar-refractivity contribution is 5.86. The molecular weight excluding hydrogens is 212 g/mol. The van der Waals surface area contributed by atoms with E-state index in [1.165, 1.54) is 27.7 Å². The number of aliphatic hydroxyl groups is 1. The van der Waals surface area contributed by atoms with Crippen LogP contribution >= 0.6 is 0 Å². The normalized spacial score (nSPS) is 19.6. The van der Waals surface area contributed by atoms with Crippen LogP contribution in [0.3, 0.4) is 0 Å². The van der Waals surface area contributed by atoms with Crippen molar-refractivity contribution in [2.24, 2.45) is 7.05 Å². The number of hydrogen-bond acceptors (Lipinski definition) is 2. The van der Waals surface area contributed by atoms with Crippen molar-refractivity contribution in [3.05, 3.63) is 35.0 Å². The second kappa shape index (κ2) is 3.86. The van der Waals surface area contributed by atoms with Gasteiger partial charge in [0.2, 0.25) is 0 Å². The van der Waals surface area contributed by atoms with Crippen molar-refractivity contribution in [2.75, 3.05) is 13.2 Å². The lowest BCUT2D eigenvalue weighted by Gasteiger charge is -2.24. The summed E-state index contributed by atoms with van der Waals surface area (Å²) in [6, 6.07) is 6.66. The van der Waals surface area contributed by atoms with Crippen LogP contribution < -0.4 is 5.32 Å². The molecule has 2 heterocycles. The van der Waals surface area contributed by atoms with Crippen molar-refractivity contribution in [2.45, 2.75) is 19.4 Å². The average Bonchev–Trinajstić information content (AvgIpc) is 2.63. The van der Waals surface area contributed by atoms with Crippen LogP contribution in [-0.4, -0.2) is 22.8 Å². The number of nitrogens with zero attached hydrogens (tertiary/aromatic N) is 1. The summed E-state index contributed by atoms with van der Waals surface area (Å²) in [5.74, 6) is 0. The summed E-state index contributed by atoms with van der Waals surface area (Å²) in [5, 5.41) is 14.2. The highest BCUT2D eigenvalue weighted by Gasteiger charge is 2.25. The summed E-state index contributed by atoms with van der Waals surface area (Å²) >= 11 is 0. The van der Waals surface area contributed by atoms with Gasteiger partial charge in [-0.15, -0.1) is 0 Å². The van der Waals surface area contributed by atoms with E-state index in [4.69, 9.17) is 0 Å². The van der Waals surface area contributed by atoms with Gasteiger partial charge < -0.3 is 15.0 Å². The van der Waals surface area contributed by atoms with Crippen molar-refractivity contribution < 1.29 is 5.11 Å². The maximum atomic E-state index is 9.47. The molecule has 1 atom stereocenters. The summed E-state index contributed by atoms with van der Waals surface area (Å²) in [4.78, 5) is 0. The maximum Gasteiger partial charge on any atom is 0.0712 e. The molecule has 2 N–H and O–H groups in total. The molecule has 1 aromatic heterocycles. The van der Waals surface area contributed by atoms with E-state index >= 15 is 0 Å². The minimum absolute atomic E-state index is 0.0801. The fourth-order valence-corrected chi connectivity index (χ4v) is 2.98. The van der Waals surface area contributed by atoms with Crippen molar-refractivity contribution >= 4 is 10.9 Å². The molecule has 1 aliphatic heterocycles. The average molecular weight is 230 g/mol. The fourth-order valence-electron chi connectivity index (χ4n) is 2.98. The van der Waals surface area contributed by atoms with Gasteiger partial charge in [0, 0.05) is 23.6 Å². The molecule has 0 saturated carbocycles. The lowest BCUT2D eigenvalue weighted by atomic mass is 9.99. The monoisotopic (exact) mass is 230 g/mol. The smallest absolute Gasteiger partial charge is 0.0712 e. The lowest BCUT2D eigenvalue weighted by Crippen LogP contribution is -2.33. The van der Waals surface area contributed by atoms with Gasteiger partial charge in [-0.2, -0.15) is 0 Å². The molecule has 3 nitrogen and oxygen atoms in total. The Labute approximate surface area is 101 Å². The summed E-state index contributed by atoms with van der Waals surface area (Å²) in [7, 11) is 2.09. The van der Waals surface area contributed by atoms with E-state index in [-0.39, 0.29) is 12.6 Å². The Morgan fingerprint density at radius 2 is 2.29 bits per heavy atom. The molecule has 90 valence electrons. The second-order valence-corrected chi connectivity index (χ2v) is 4.88. The first kappa shape index (κ1) is 10.8. The van der Waals surface area contributed by atoms with Crippen LogP contribution in [-0.2, 0) is 13.5 Å². The topological polar surface area (TPSA) is 37.2 Å². The van der Waals surface area contributed by atoms with Crippen LogP contribution in [0.5, 0.6) is 0 Å². The Kier molecular flexibility index (Phi) is 2.45. The molecule has 2 aromatic rings. The van der Waals surface area contributed by atoms with Crippen molar-refractivity contribution in [1.82, 2.24) is 9.88 Å². The zero-order valence-corrected chi connectivity index (χ0v) is 10.3. The molecule has 0 amide bonds. The Balaban J connectivity index is 2.33. The molecule has 3 rings (SSSR count). The van der Waals surface area contributed by atoms with Crippen LogP contribution in [0.2, 0.25) is 0 Å². The van der Waals surface area contributed by atoms with E-state index in [1.807, 2.05) is 0 Å². The molecule has 1 aliphatic rings. The zero-order valence-electron chi connectivity index (χ0n) is 10.3. The second-order valence-electron chi connectivity index (χ2n) is 4.88. The van der Waals surface area contributed by atoms with Gasteiger partial charge in [0.1, 0.15) is 0 Å². The lowest BCUT2D eigenvalue weighted by molar-refractivity contribution is 0.235. The fraction of sp³-hybridized carbons (Fsp3) is 0.429. The molecule has 0 fully saturated rings. The molecule has 17 heavy (non-hydrogen) atoms. The summed E-state index contributed by atoms with van der Waals surface area (Å²) in [6.45, 7) is 3.24. The number of aromatic nitrogens is 1. The van der Waals surface area contributed by atoms with Crippen molar-refractivity contribution in [3.63, 3.8) is 0 Å².